The summed E-state index contributed by atoms with van der Waals surface area (Å²) >= 11 is 7.45. The van der Waals surface area contributed by atoms with E-state index < -0.39 is 6.04 Å². The minimum atomic E-state index is -0.651. The zero-order chi connectivity index (χ0) is 30.7. The highest BCUT2D eigenvalue weighted by Gasteiger charge is 2.34. The molecule has 9 nitrogen and oxygen atoms in total. The number of rotatable bonds is 9. The fraction of sp³-hybridized carbons (Fsp3) is 0.375. The van der Waals surface area contributed by atoms with E-state index in [0.717, 1.165) is 37.1 Å². The second-order valence-electron chi connectivity index (χ2n) is 10.4. The Morgan fingerprint density at radius 1 is 1.09 bits per heavy atom. The Morgan fingerprint density at radius 2 is 1.79 bits per heavy atom. The first-order valence-electron chi connectivity index (χ1n) is 14.4. The van der Waals surface area contributed by atoms with Gasteiger partial charge < -0.3 is 19.3 Å². The highest BCUT2D eigenvalue weighted by molar-refractivity contribution is 7.07. The molecule has 0 spiro atoms. The molecule has 0 saturated carbocycles. The molecule has 0 unspecified atom stereocenters. The Bertz CT molecular complexity index is 1730. The number of aromatic nitrogens is 1. The van der Waals surface area contributed by atoms with Crippen molar-refractivity contribution in [2.24, 2.45) is 4.99 Å². The van der Waals surface area contributed by atoms with Crippen molar-refractivity contribution in [3.63, 3.8) is 0 Å². The number of methoxy groups -OCH3 is 1. The van der Waals surface area contributed by atoms with Crippen LogP contribution in [0.3, 0.4) is 0 Å². The van der Waals surface area contributed by atoms with Gasteiger partial charge >= 0.3 is 0 Å². The van der Waals surface area contributed by atoms with Crippen molar-refractivity contribution in [1.29, 1.82) is 0 Å². The van der Waals surface area contributed by atoms with E-state index in [4.69, 9.17) is 26.1 Å². The van der Waals surface area contributed by atoms with Gasteiger partial charge in [-0.15, -0.1) is 0 Å². The number of hydrogen-bond acceptors (Lipinski definition) is 7. The number of amides is 2. The first kappa shape index (κ1) is 30.6. The van der Waals surface area contributed by atoms with Crippen LogP contribution in [0.1, 0.15) is 50.8 Å². The van der Waals surface area contributed by atoms with E-state index in [1.807, 2.05) is 39.0 Å². The molecular formula is C32H35ClN4O5S. The third-order valence-electron chi connectivity index (χ3n) is 7.78. The highest BCUT2D eigenvalue weighted by Crippen LogP contribution is 2.32. The van der Waals surface area contributed by atoms with Gasteiger partial charge in [0.2, 0.25) is 0 Å². The fourth-order valence-electron chi connectivity index (χ4n) is 5.48. The van der Waals surface area contributed by atoms with Crippen molar-refractivity contribution < 1.29 is 19.1 Å². The molecule has 43 heavy (non-hydrogen) atoms. The van der Waals surface area contributed by atoms with E-state index in [9.17, 15) is 14.4 Å². The molecule has 0 radical (unpaired) electrons. The molecule has 1 atom stereocenters. The van der Waals surface area contributed by atoms with Crippen LogP contribution in [0.25, 0.3) is 6.08 Å². The van der Waals surface area contributed by atoms with E-state index in [0.29, 0.717) is 50.2 Å². The summed E-state index contributed by atoms with van der Waals surface area (Å²) in [4.78, 5) is 48.9. The molecule has 1 aromatic heterocycles. The van der Waals surface area contributed by atoms with Gasteiger partial charge in [0.15, 0.2) is 22.9 Å². The number of nitrogens with zero attached hydrogens (tertiary/aromatic N) is 4. The minimum absolute atomic E-state index is 0.0471. The van der Waals surface area contributed by atoms with Gasteiger partial charge in [-0.3, -0.25) is 19.0 Å². The number of carbonyl (C=O) groups is 2. The van der Waals surface area contributed by atoms with E-state index in [1.165, 1.54) is 18.4 Å². The summed E-state index contributed by atoms with van der Waals surface area (Å²) in [5.74, 6) is 0.711. The first-order valence-corrected chi connectivity index (χ1v) is 15.6. The molecule has 0 N–H and O–H groups in total. The van der Waals surface area contributed by atoms with Gasteiger partial charge in [-0.2, -0.15) is 0 Å². The molecule has 0 bridgehead atoms. The normalized spacial score (nSPS) is 16.6. The van der Waals surface area contributed by atoms with Crippen LogP contribution in [0, 0.1) is 0 Å². The maximum Gasteiger partial charge on any atom is 0.271 e. The molecule has 0 aliphatic carbocycles. The van der Waals surface area contributed by atoms with Gasteiger partial charge in [0.25, 0.3) is 17.4 Å². The quantitative estimate of drug-likeness (QED) is 0.362. The Morgan fingerprint density at radius 3 is 2.44 bits per heavy atom. The number of halogens is 1. The molecule has 3 heterocycles. The van der Waals surface area contributed by atoms with Crippen LogP contribution < -0.4 is 24.4 Å². The van der Waals surface area contributed by atoms with Gasteiger partial charge in [-0.25, -0.2) is 4.99 Å². The number of carbonyl (C=O) groups excluding carboxylic acids is 2. The lowest BCUT2D eigenvalue weighted by atomic mass is 9.94. The number of hydrogen-bond donors (Lipinski definition) is 0. The summed E-state index contributed by atoms with van der Waals surface area (Å²) in [5, 5.41) is 0.565. The molecule has 226 valence electrons. The molecule has 2 aliphatic heterocycles. The average Bonchev–Trinajstić information content (AvgIpc) is 3.65. The second kappa shape index (κ2) is 13.2. The third kappa shape index (κ3) is 6.26. The smallest absolute Gasteiger partial charge is 0.271 e. The first-order chi connectivity index (χ1) is 20.7. The van der Waals surface area contributed by atoms with Crippen LogP contribution >= 0.6 is 22.9 Å². The van der Waals surface area contributed by atoms with Gasteiger partial charge in [-0.05, 0) is 75.1 Å². The minimum Gasteiger partial charge on any atom is -0.493 e. The molecule has 2 aromatic carbocycles. The van der Waals surface area contributed by atoms with Crippen molar-refractivity contribution in [2.45, 2.75) is 39.7 Å². The zero-order valence-corrected chi connectivity index (χ0v) is 26.3. The molecule has 1 saturated heterocycles. The van der Waals surface area contributed by atoms with Crippen LogP contribution in [0.15, 0.2) is 63.5 Å². The van der Waals surface area contributed by atoms with Crippen LogP contribution in [0.5, 0.6) is 11.5 Å². The van der Waals surface area contributed by atoms with Crippen LogP contribution in [-0.4, -0.2) is 66.1 Å². The Balaban J connectivity index is 1.53. The van der Waals surface area contributed by atoms with Gasteiger partial charge in [0.05, 0.1) is 29.0 Å². The Kier molecular flexibility index (Phi) is 9.37. The maximum absolute atomic E-state index is 14.0. The number of benzene rings is 2. The van der Waals surface area contributed by atoms with Crippen molar-refractivity contribution in [1.82, 2.24) is 14.4 Å². The average molecular weight is 623 g/mol. The SMILES string of the molecule is CCN(CC)C(=O)C1=C(C)N=c2s/c(=C\c3ccc(OCC(=O)N4CCCC4)c(OC)c3)c(=O)n2[C@H]1c1ccc(Cl)cc1. The van der Waals surface area contributed by atoms with Gasteiger partial charge in [0, 0.05) is 31.2 Å². The Hall–Kier alpha value is -3.89. The van der Waals surface area contributed by atoms with Crippen molar-refractivity contribution >= 4 is 40.8 Å². The van der Waals surface area contributed by atoms with Crippen molar-refractivity contribution in [3.8, 4) is 11.5 Å². The number of likely N-dealkylation sites (N-methyl/N-ethyl adjacent to an activating group) is 1. The summed E-state index contributed by atoms with van der Waals surface area (Å²) in [6.45, 7) is 8.22. The van der Waals surface area contributed by atoms with Crippen LogP contribution in [0.4, 0.5) is 0 Å². The largest absolute Gasteiger partial charge is 0.493 e. The van der Waals surface area contributed by atoms with E-state index >= 15 is 0 Å². The molecular weight excluding hydrogens is 588 g/mol. The Labute approximate surface area is 259 Å². The fourth-order valence-corrected chi connectivity index (χ4v) is 6.65. The summed E-state index contributed by atoms with van der Waals surface area (Å²) in [5.41, 5.74) is 2.29. The number of likely N-dealkylation sites (tertiary alicyclic amines) is 1. The molecule has 2 amide bonds. The third-order valence-corrected chi connectivity index (χ3v) is 9.02. The lowest BCUT2D eigenvalue weighted by Gasteiger charge is -2.29. The van der Waals surface area contributed by atoms with Crippen molar-refractivity contribution in [3.05, 3.63) is 89.6 Å². The van der Waals surface area contributed by atoms with Crippen LogP contribution in [-0.2, 0) is 9.59 Å². The lowest BCUT2D eigenvalue weighted by molar-refractivity contribution is -0.132. The topological polar surface area (TPSA) is 93.4 Å². The standard InChI is InChI=1S/C32H35ClN4O5S/c1-5-35(6-2)31(40)28-20(3)34-32-37(29(28)22-10-12-23(33)13-11-22)30(39)26(43-32)18-21-9-14-24(25(17-21)41-4)42-19-27(38)36-15-7-8-16-36/h9-14,17-18,29H,5-8,15-16,19H2,1-4H3/b26-18-/t29-/m0/s1. The summed E-state index contributed by atoms with van der Waals surface area (Å²) in [6, 6.07) is 11.9. The monoisotopic (exact) mass is 622 g/mol. The number of fused-ring (bicyclic) bond motifs is 1. The van der Waals surface area contributed by atoms with Crippen molar-refractivity contribution in [2.75, 3.05) is 39.9 Å². The van der Waals surface area contributed by atoms with E-state index in [2.05, 4.69) is 0 Å². The number of ether oxygens (including phenoxy) is 2. The number of thiazole rings is 1. The molecule has 3 aromatic rings. The predicted molar refractivity (Wildman–Crippen MR) is 167 cm³/mol. The molecule has 2 aliphatic rings. The van der Waals surface area contributed by atoms with Gasteiger partial charge in [-0.1, -0.05) is 41.1 Å². The molecule has 1 fully saturated rings. The van der Waals surface area contributed by atoms with Gasteiger partial charge in [0.1, 0.15) is 0 Å². The summed E-state index contributed by atoms with van der Waals surface area (Å²) in [7, 11) is 1.53. The summed E-state index contributed by atoms with van der Waals surface area (Å²) < 4.78 is 13.4. The number of allylic oxidation sites excluding steroid dienone is 1. The second-order valence-corrected chi connectivity index (χ2v) is 11.8. The van der Waals surface area contributed by atoms with E-state index in [1.54, 1.807) is 44.7 Å². The van der Waals surface area contributed by atoms with Crippen LogP contribution in [0.2, 0.25) is 5.02 Å². The molecule has 5 rings (SSSR count). The highest BCUT2D eigenvalue weighted by atomic mass is 35.5. The summed E-state index contributed by atoms with van der Waals surface area (Å²) in [6.07, 6.45) is 3.81. The van der Waals surface area contributed by atoms with E-state index in [-0.39, 0.29) is 24.0 Å². The zero-order valence-electron chi connectivity index (χ0n) is 24.8. The lowest BCUT2D eigenvalue weighted by Crippen LogP contribution is -2.43. The maximum atomic E-state index is 14.0. The predicted octanol–water partition coefficient (Wildman–Crippen LogP) is 3.77. The molecule has 11 heteroatoms.